The Labute approximate surface area is 120 Å². The minimum Gasteiger partial charge on any atom is -0.384 e. The van der Waals surface area contributed by atoms with Gasteiger partial charge < -0.3 is 10.6 Å². The highest BCUT2D eigenvalue weighted by molar-refractivity contribution is 5.48. The molecule has 0 bridgehead atoms. The molecule has 2 N–H and O–H groups in total. The molecule has 3 rings (SSSR count). The second kappa shape index (κ2) is 5.32. The highest BCUT2D eigenvalue weighted by atomic mass is 19.4. The predicted molar refractivity (Wildman–Crippen MR) is 73.1 cm³/mol. The van der Waals surface area contributed by atoms with Crippen LogP contribution in [0.4, 0.5) is 24.8 Å². The molecule has 1 aliphatic heterocycles. The summed E-state index contributed by atoms with van der Waals surface area (Å²) >= 11 is 0. The number of hydrogen-bond acceptors (Lipinski definition) is 5. The van der Waals surface area contributed by atoms with Gasteiger partial charge in [-0.05, 0) is 12.8 Å². The third-order valence-electron chi connectivity index (χ3n) is 3.79. The first-order valence-corrected chi connectivity index (χ1v) is 7.09. The molecule has 1 aliphatic carbocycles. The second-order valence-electron chi connectivity index (χ2n) is 5.66. The van der Waals surface area contributed by atoms with Gasteiger partial charge in [0.1, 0.15) is 17.5 Å². The van der Waals surface area contributed by atoms with Crippen LogP contribution in [-0.2, 0) is 0 Å². The van der Waals surface area contributed by atoms with Gasteiger partial charge in [0.15, 0.2) is 0 Å². The molecule has 2 heterocycles. The molecule has 1 saturated heterocycles. The number of nitrogen functional groups attached to an aromatic ring is 1. The second-order valence-corrected chi connectivity index (χ2v) is 5.66. The van der Waals surface area contributed by atoms with Crippen LogP contribution < -0.4 is 10.6 Å². The monoisotopic (exact) mass is 301 g/mol. The number of nitrogens with two attached hydrogens (primary N) is 1. The predicted octanol–water partition coefficient (Wildman–Crippen LogP) is 1.62. The number of rotatable bonds is 3. The third kappa shape index (κ3) is 3.75. The highest BCUT2D eigenvalue weighted by Crippen LogP contribution is 2.39. The van der Waals surface area contributed by atoms with E-state index < -0.39 is 12.7 Å². The average Bonchev–Trinajstić information content (AvgIpc) is 3.21. The maximum absolute atomic E-state index is 12.4. The first-order chi connectivity index (χ1) is 9.90. The summed E-state index contributed by atoms with van der Waals surface area (Å²) in [5.74, 6) is 2.33. The quantitative estimate of drug-likeness (QED) is 0.919. The molecule has 0 unspecified atom stereocenters. The minimum atomic E-state index is -4.14. The molecule has 2 aliphatic rings. The summed E-state index contributed by atoms with van der Waals surface area (Å²) in [5, 5.41) is 0. The molecule has 1 saturated carbocycles. The zero-order valence-corrected chi connectivity index (χ0v) is 11.6. The lowest BCUT2D eigenvalue weighted by molar-refractivity contribution is -0.146. The van der Waals surface area contributed by atoms with Crippen molar-refractivity contribution in [3.63, 3.8) is 0 Å². The Balaban J connectivity index is 1.64. The molecule has 0 spiro atoms. The fourth-order valence-corrected chi connectivity index (χ4v) is 2.55. The SMILES string of the molecule is Nc1cc(N2CCN(CC(F)(F)F)CC2)nc(C2CC2)n1. The van der Waals surface area contributed by atoms with E-state index in [1.165, 1.54) is 4.90 Å². The molecule has 1 aromatic heterocycles. The Morgan fingerprint density at radius 3 is 2.38 bits per heavy atom. The molecule has 0 amide bonds. The Kier molecular flexibility index (Phi) is 3.64. The van der Waals surface area contributed by atoms with Crippen molar-refractivity contribution < 1.29 is 13.2 Å². The van der Waals surface area contributed by atoms with Crippen molar-refractivity contribution in [1.82, 2.24) is 14.9 Å². The van der Waals surface area contributed by atoms with Crippen LogP contribution in [0.15, 0.2) is 6.07 Å². The van der Waals surface area contributed by atoms with Crippen LogP contribution in [0, 0.1) is 0 Å². The number of aromatic nitrogens is 2. The maximum Gasteiger partial charge on any atom is 0.401 e. The molecule has 116 valence electrons. The first kappa shape index (κ1) is 14.4. The van der Waals surface area contributed by atoms with Crippen LogP contribution in [0.25, 0.3) is 0 Å². The Bertz CT molecular complexity index is 507. The zero-order valence-electron chi connectivity index (χ0n) is 11.6. The Morgan fingerprint density at radius 1 is 1.14 bits per heavy atom. The van der Waals surface area contributed by atoms with Crippen LogP contribution in [0.5, 0.6) is 0 Å². The van der Waals surface area contributed by atoms with Gasteiger partial charge in [-0.15, -0.1) is 0 Å². The summed E-state index contributed by atoms with van der Waals surface area (Å²) in [6.07, 6.45) is -1.97. The Morgan fingerprint density at radius 2 is 1.81 bits per heavy atom. The van der Waals surface area contributed by atoms with Gasteiger partial charge in [-0.25, -0.2) is 9.97 Å². The normalized spacial score (nSPS) is 20.8. The number of nitrogens with zero attached hydrogens (tertiary/aromatic N) is 4. The lowest BCUT2D eigenvalue weighted by Gasteiger charge is -2.35. The van der Waals surface area contributed by atoms with Gasteiger partial charge in [0.05, 0.1) is 6.54 Å². The van der Waals surface area contributed by atoms with E-state index in [2.05, 4.69) is 9.97 Å². The molecule has 0 aromatic carbocycles. The standard InChI is InChI=1S/C13H18F3N5/c14-13(15,16)8-20-3-5-21(6-4-20)11-7-10(17)18-12(19-11)9-1-2-9/h7,9H,1-6,8H2,(H2,17,18,19). The Hall–Kier alpha value is -1.57. The van der Waals surface area contributed by atoms with Crippen molar-refractivity contribution in [2.45, 2.75) is 24.9 Å². The van der Waals surface area contributed by atoms with Gasteiger partial charge in [0, 0.05) is 38.2 Å². The molecular weight excluding hydrogens is 283 g/mol. The fourth-order valence-electron chi connectivity index (χ4n) is 2.55. The van der Waals surface area contributed by atoms with Crippen LogP contribution in [0.2, 0.25) is 0 Å². The average molecular weight is 301 g/mol. The van der Waals surface area contributed by atoms with Crippen molar-refractivity contribution in [1.29, 1.82) is 0 Å². The maximum atomic E-state index is 12.4. The van der Waals surface area contributed by atoms with Crippen LogP contribution in [0.3, 0.4) is 0 Å². The van der Waals surface area contributed by atoms with Crippen LogP contribution in [0.1, 0.15) is 24.6 Å². The smallest absolute Gasteiger partial charge is 0.384 e. The minimum absolute atomic E-state index is 0.377. The van der Waals surface area contributed by atoms with Crippen molar-refractivity contribution in [3.05, 3.63) is 11.9 Å². The summed E-state index contributed by atoms with van der Waals surface area (Å²) < 4.78 is 37.1. The number of anilines is 2. The van der Waals surface area contributed by atoms with Gasteiger partial charge in [-0.3, -0.25) is 4.90 Å². The molecule has 0 radical (unpaired) electrons. The van der Waals surface area contributed by atoms with Crippen LogP contribution >= 0.6 is 0 Å². The van der Waals surface area contributed by atoms with Gasteiger partial charge in [0.25, 0.3) is 0 Å². The molecular formula is C13H18F3N5. The molecule has 8 heteroatoms. The van der Waals surface area contributed by atoms with E-state index in [9.17, 15) is 13.2 Å². The molecule has 0 atom stereocenters. The molecule has 2 fully saturated rings. The van der Waals surface area contributed by atoms with E-state index in [1.807, 2.05) is 4.90 Å². The van der Waals surface area contributed by atoms with E-state index in [0.29, 0.717) is 37.9 Å². The zero-order chi connectivity index (χ0) is 15.0. The van der Waals surface area contributed by atoms with Crippen molar-refractivity contribution in [2.24, 2.45) is 0 Å². The fraction of sp³-hybridized carbons (Fsp3) is 0.692. The highest BCUT2D eigenvalue weighted by Gasteiger charge is 2.33. The van der Waals surface area contributed by atoms with Gasteiger partial charge in [-0.2, -0.15) is 13.2 Å². The number of alkyl halides is 3. The first-order valence-electron chi connectivity index (χ1n) is 7.09. The summed E-state index contributed by atoms with van der Waals surface area (Å²) in [6, 6.07) is 1.70. The van der Waals surface area contributed by atoms with E-state index in [-0.39, 0.29) is 0 Å². The van der Waals surface area contributed by atoms with Crippen LogP contribution in [-0.4, -0.2) is 53.8 Å². The number of hydrogen-bond donors (Lipinski definition) is 1. The van der Waals surface area contributed by atoms with Crippen molar-refractivity contribution in [2.75, 3.05) is 43.4 Å². The van der Waals surface area contributed by atoms with E-state index >= 15 is 0 Å². The lowest BCUT2D eigenvalue weighted by atomic mass is 10.3. The summed E-state index contributed by atoms with van der Waals surface area (Å²) in [5.41, 5.74) is 5.81. The molecule has 5 nitrogen and oxygen atoms in total. The van der Waals surface area contributed by atoms with Gasteiger partial charge in [-0.1, -0.05) is 0 Å². The van der Waals surface area contributed by atoms with Crippen molar-refractivity contribution >= 4 is 11.6 Å². The summed E-state index contributed by atoms with van der Waals surface area (Å²) in [6.45, 7) is 0.956. The topological polar surface area (TPSA) is 58.3 Å². The molecule has 1 aromatic rings. The largest absolute Gasteiger partial charge is 0.401 e. The van der Waals surface area contributed by atoms with Gasteiger partial charge >= 0.3 is 6.18 Å². The molecule has 21 heavy (non-hydrogen) atoms. The lowest BCUT2D eigenvalue weighted by Crippen LogP contribution is -2.49. The van der Waals surface area contributed by atoms with Gasteiger partial charge in [0.2, 0.25) is 0 Å². The summed E-state index contributed by atoms with van der Waals surface area (Å²) in [4.78, 5) is 12.2. The number of piperazine rings is 1. The van der Waals surface area contributed by atoms with E-state index in [4.69, 9.17) is 5.73 Å². The van der Waals surface area contributed by atoms with E-state index in [1.54, 1.807) is 6.07 Å². The third-order valence-corrected chi connectivity index (χ3v) is 3.79. The summed E-state index contributed by atoms with van der Waals surface area (Å²) in [7, 11) is 0. The van der Waals surface area contributed by atoms with Crippen molar-refractivity contribution in [3.8, 4) is 0 Å². The number of halogens is 3. The van der Waals surface area contributed by atoms with E-state index in [0.717, 1.165) is 24.5 Å².